The van der Waals surface area contributed by atoms with Crippen LogP contribution in [0.3, 0.4) is 0 Å². The normalized spacial score (nSPS) is 15.5. The maximum absolute atomic E-state index is 14.0. The summed E-state index contributed by atoms with van der Waals surface area (Å²) < 4.78 is 20.9. The molecule has 0 amide bonds. The summed E-state index contributed by atoms with van der Waals surface area (Å²) in [7, 11) is 0. The van der Waals surface area contributed by atoms with Crippen molar-refractivity contribution in [2.24, 2.45) is 0 Å². The van der Waals surface area contributed by atoms with Crippen molar-refractivity contribution < 1.29 is 13.9 Å². The number of halogens is 1. The standard InChI is InChI=1S/C24H23FN4O2S/c1-3-31-22(30)21-16(2)26-23-27-24(32-15-18-11-7-8-12-19(18)25)28-29(23)20(21)14-13-17-9-5-4-6-10-17/h4-14,20H,3,15H2,1-2H3,(H,26,27,28)/b14-13+. The number of thioether (sulfide) groups is 1. The van der Waals surface area contributed by atoms with Gasteiger partial charge in [0.2, 0.25) is 11.1 Å². The van der Waals surface area contributed by atoms with Crippen LogP contribution in [0.2, 0.25) is 0 Å². The number of esters is 1. The van der Waals surface area contributed by atoms with Gasteiger partial charge in [0.1, 0.15) is 11.9 Å². The smallest absolute Gasteiger partial charge is 0.338 e. The number of aromatic nitrogens is 3. The average Bonchev–Trinajstić information content (AvgIpc) is 3.20. The second-order valence-electron chi connectivity index (χ2n) is 7.14. The SMILES string of the molecule is CCOC(=O)C1=C(C)Nc2nc(SCc3ccccc3F)nn2C1/C=C/c1ccccc1. The van der Waals surface area contributed by atoms with E-state index in [1.165, 1.54) is 17.8 Å². The second kappa shape index (κ2) is 9.82. The number of fused-ring (bicyclic) bond motifs is 1. The van der Waals surface area contributed by atoms with Crippen molar-refractivity contribution in [2.75, 3.05) is 11.9 Å². The molecule has 0 aliphatic carbocycles. The van der Waals surface area contributed by atoms with Crippen molar-refractivity contribution in [3.05, 3.63) is 88.9 Å². The third-order valence-corrected chi connectivity index (χ3v) is 5.84. The van der Waals surface area contributed by atoms with Crippen LogP contribution in [-0.4, -0.2) is 27.3 Å². The number of benzene rings is 2. The van der Waals surface area contributed by atoms with E-state index in [9.17, 15) is 9.18 Å². The van der Waals surface area contributed by atoms with Gasteiger partial charge in [-0.15, -0.1) is 5.10 Å². The van der Waals surface area contributed by atoms with Gasteiger partial charge in [-0.25, -0.2) is 13.9 Å². The lowest BCUT2D eigenvalue weighted by atomic mass is 10.0. The molecule has 164 valence electrons. The summed E-state index contributed by atoms with van der Waals surface area (Å²) in [4.78, 5) is 17.3. The lowest BCUT2D eigenvalue weighted by Gasteiger charge is -2.25. The van der Waals surface area contributed by atoms with Gasteiger partial charge in [-0.3, -0.25) is 0 Å². The highest BCUT2D eigenvalue weighted by atomic mass is 32.2. The summed E-state index contributed by atoms with van der Waals surface area (Å²) in [6.07, 6.45) is 3.86. The predicted molar refractivity (Wildman–Crippen MR) is 123 cm³/mol. The zero-order chi connectivity index (χ0) is 22.5. The van der Waals surface area contributed by atoms with Gasteiger partial charge in [0.25, 0.3) is 0 Å². The molecular weight excluding hydrogens is 427 g/mol. The topological polar surface area (TPSA) is 69.0 Å². The Balaban J connectivity index is 1.64. The highest BCUT2D eigenvalue weighted by Gasteiger charge is 2.32. The van der Waals surface area contributed by atoms with E-state index in [1.54, 1.807) is 29.8 Å². The molecule has 0 fully saturated rings. The molecule has 1 atom stereocenters. The third kappa shape index (κ3) is 4.75. The molecule has 0 radical (unpaired) electrons. The third-order valence-electron chi connectivity index (χ3n) is 4.95. The summed E-state index contributed by atoms with van der Waals surface area (Å²) in [6, 6.07) is 16.0. The predicted octanol–water partition coefficient (Wildman–Crippen LogP) is 5.23. The lowest BCUT2D eigenvalue weighted by Crippen LogP contribution is -2.28. The number of rotatable bonds is 7. The molecule has 32 heavy (non-hydrogen) atoms. The Morgan fingerprint density at radius 2 is 1.97 bits per heavy atom. The molecule has 1 N–H and O–H groups in total. The van der Waals surface area contributed by atoms with Crippen LogP contribution in [0.25, 0.3) is 6.08 Å². The highest BCUT2D eigenvalue weighted by molar-refractivity contribution is 7.98. The first-order valence-corrected chi connectivity index (χ1v) is 11.3. The van der Waals surface area contributed by atoms with Crippen molar-refractivity contribution in [3.8, 4) is 0 Å². The van der Waals surface area contributed by atoms with Crippen molar-refractivity contribution in [2.45, 2.75) is 30.8 Å². The number of hydrogen-bond donors (Lipinski definition) is 1. The Labute approximate surface area is 190 Å². The fourth-order valence-corrected chi connectivity index (χ4v) is 4.22. The number of allylic oxidation sites excluding steroid dienone is 2. The zero-order valence-corrected chi connectivity index (χ0v) is 18.6. The molecule has 6 nitrogen and oxygen atoms in total. The summed E-state index contributed by atoms with van der Waals surface area (Å²) in [5.74, 6) is 0.265. The van der Waals surface area contributed by atoms with Crippen LogP contribution in [0.1, 0.15) is 31.0 Å². The maximum Gasteiger partial charge on any atom is 0.338 e. The maximum atomic E-state index is 14.0. The molecule has 8 heteroatoms. The molecular formula is C24H23FN4O2S. The lowest BCUT2D eigenvalue weighted by molar-refractivity contribution is -0.139. The van der Waals surface area contributed by atoms with E-state index in [-0.39, 0.29) is 12.4 Å². The number of carbonyl (C=O) groups is 1. The molecule has 4 rings (SSSR count). The van der Waals surface area contributed by atoms with E-state index in [0.717, 1.165) is 5.56 Å². The Hall–Kier alpha value is -3.39. The summed E-state index contributed by atoms with van der Waals surface area (Å²) in [5.41, 5.74) is 2.72. The highest BCUT2D eigenvalue weighted by Crippen LogP contribution is 2.34. The minimum Gasteiger partial charge on any atom is -0.463 e. The van der Waals surface area contributed by atoms with E-state index >= 15 is 0 Å². The first-order valence-electron chi connectivity index (χ1n) is 10.3. The number of nitrogens with one attached hydrogen (secondary N) is 1. The molecule has 1 unspecified atom stereocenters. The van der Waals surface area contributed by atoms with Crippen LogP contribution in [0.4, 0.5) is 10.3 Å². The van der Waals surface area contributed by atoms with Gasteiger partial charge in [0, 0.05) is 11.4 Å². The summed E-state index contributed by atoms with van der Waals surface area (Å²) >= 11 is 1.34. The molecule has 0 bridgehead atoms. The van der Waals surface area contributed by atoms with Gasteiger partial charge in [-0.1, -0.05) is 72.4 Å². The Morgan fingerprint density at radius 3 is 2.72 bits per heavy atom. The Kier molecular flexibility index (Phi) is 6.70. The number of carbonyl (C=O) groups excluding carboxylic acids is 1. The number of anilines is 1. The molecule has 0 saturated carbocycles. The first kappa shape index (κ1) is 21.8. The van der Waals surface area contributed by atoms with Crippen LogP contribution >= 0.6 is 11.8 Å². The van der Waals surface area contributed by atoms with Crippen molar-refractivity contribution in [3.63, 3.8) is 0 Å². The van der Waals surface area contributed by atoms with Gasteiger partial charge in [0.15, 0.2) is 0 Å². The van der Waals surface area contributed by atoms with E-state index in [4.69, 9.17) is 4.74 Å². The average molecular weight is 451 g/mol. The monoisotopic (exact) mass is 450 g/mol. The van der Waals surface area contributed by atoms with E-state index in [1.807, 2.05) is 49.4 Å². The summed E-state index contributed by atoms with van der Waals surface area (Å²) in [5, 5.41) is 8.25. The second-order valence-corrected chi connectivity index (χ2v) is 8.08. The molecule has 0 saturated heterocycles. The molecule has 1 aromatic heterocycles. The quantitative estimate of drug-likeness (QED) is 0.393. The molecule has 2 heterocycles. The first-order chi connectivity index (χ1) is 15.6. The van der Waals surface area contributed by atoms with Gasteiger partial charge in [0.05, 0.1) is 12.2 Å². The fraction of sp³-hybridized carbons (Fsp3) is 0.208. The van der Waals surface area contributed by atoms with Crippen molar-refractivity contribution >= 4 is 29.8 Å². The molecule has 3 aromatic rings. The Morgan fingerprint density at radius 1 is 1.22 bits per heavy atom. The van der Waals surface area contributed by atoms with E-state index in [0.29, 0.717) is 33.7 Å². The van der Waals surface area contributed by atoms with Crippen molar-refractivity contribution in [1.29, 1.82) is 0 Å². The summed E-state index contributed by atoms with van der Waals surface area (Å²) in [6.45, 7) is 3.87. The van der Waals surface area contributed by atoms with Crippen LogP contribution in [-0.2, 0) is 15.3 Å². The number of hydrogen-bond acceptors (Lipinski definition) is 6. The molecule has 1 aliphatic heterocycles. The number of ether oxygens (including phenoxy) is 1. The Bertz CT molecular complexity index is 1170. The van der Waals surface area contributed by atoms with Crippen LogP contribution in [0, 0.1) is 5.82 Å². The van der Waals surface area contributed by atoms with Crippen molar-refractivity contribution in [1.82, 2.24) is 14.8 Å². The number of nitrogens with zero attached hydrogens (tertiary/aromatic N) is 3. The van der Waals surface area contributed by atoms with Crippen LogP contribution < -0.4 is 5.32 Å². The van der Waals surface area contributed by atoms with Gasteiger partial charge in [-0.2, -0.15) is 4.98 Å². The fourth-order valence-electron chi connectivity index (χ4n) is 3.41. The van der Waals surface area contributed by atoms with E-state index in [2.05, 4.69) is 15.4 Å². The molecule has 2 aromatic carbocycles. The minimum absolute atomic E-state index is 0.257. The minimum atomic E-state index is -0.485. The van der Waals surface area contributed by atoms with Gasteiger partial charge >= 0.3 is 5.97 Å². The van der Waals surface area contributed by atoms with E-state index < -0.39 is 12.0 Å². The van der Waals surface area contributed by atoms with Crippen LogP contribution in [0.15, 0.2) is 77.1 Å². The van der Waals surface area contributed by atoms with Gasteiger partial charge < -0.3 is 10.1 Å². The molecule has 1 aliphatic rings. The molecule has 0 spiro atoms. The van der Waals surface area contributed by atoms with Gasteiger partial charge in [-0.05, 0) is 31.0 Å². The van der Waals surface area contributed by atoms with Crippen LogP contribution in [0.5, 0.6) is 0 Å². The largest absolute Gasteiger partial charge is 0.463 e. The zero-order valence-electron chi connectivity index (χ0n) is 17.8.